The molecule has 4 N–H and O–H groups in total. The van der Waals surface area contributed by atoms with E-state index < -0.39 is 18.0 Å². The number of aromatic nitrogens is 1. The number of nitrogens with zero attached hydrogens (tertiary/aromatic N) is 1. The maximum absolute atomic E-state index is 14.3. The van der Waals surface area contributed by atoms with Gasteiger partial charge in [-0.15, -0.1) is 0 Å². The van der Waals surface area contributed by atoms with Gasteiger partial charge in [0.15, 0.2) is 0 Å². The molecule has 42 heavy (non-hydrogen) atoms. The summed E-state index contributed by atoms with van der Waals surface area (Å²) in [4.78, 5) is 45.7. The van der Waals surface area contributed by atoms with E-state index in [0.717, 1.165) is 22.0 Å². The standard InChI is InChI=1S/C34H31N5O3/c40-30(35-20-19-23-11-3-1-4-12-23)22-39-29-18-10-9-17-27(29)37-31(24-13-5-2-6-14-24)32(34(39)42)38-33(41)28-21-25-15-7-8-16-26(25)36-28/h1-18,21,31-32,36-37H,19-20,22H2,(H,35,40)(H,38,41)/t31-,32+/m0/s1. The summed E-state index contributed by atoms with van der Waals surface area (Å²) in [5.41, 5.74) is 4.39. The first-order valence-corrected chi connectivity index (χ1v) is 14.0. The van der Waals surface area contributed by atoms with E-state index in [1.807, 2.05) is 103 Å². The average Bonchev–Trinajstić information content (AvgIpc) is 3.43. The monoisotopic (exact) mass is 557 g/mol. The van der Waals surface area contributed by atoms with E-state index in [4.69, 9.17) is 0 Å². The van der Waals surface area contributed by atoms with Crippen LogP contribution in [0.5, 0.6) is 0 Å². The third-order valence-electron chi connectivity index (χ3n) is 7.47. The summed E-state index contributed by atoms with van der Waals surface area (Å²) >= 11 is 0. The summed E-state index contributed by atoms with van der Waals surface area (Å²) < 4.78 is 0. The van der Waals surface area contributed by atoms with Crippen molar-refractivity contribution in [3.8, 4) is 0 Å². The van der Waals surface area contributed by atoms with Crippen LogP contribution >= 0.6 is 0 Å². The first kappa shape index (κ1) is 26.8. The highest BCUT2D eigenvalue weighted by molar-refractivity contribution is 6.08. The molecule has 2 atom stereocenters. The summed E-state index contributed by atoms with van der Waals surface area (Å²) in [5, 5.41) is 10.3. The molecule has 0 radical (unpaired) electrons. The largest absolute Gasteiger partial charge is 0.374 e. The molecule has 1 aliphatic heterocycles. The Morgan fingerprint density at radius 3 is 2.29 bits per heavy atom. The van der Waals surface area contributed by atoms with Crippen molar-refractivity contribution in [2.75, 3.05) is 23.3 Å². The number of fused-ring (bicyclic) bond motifs is 2. The summed E-state index contributed by atoms with van der Waals surface area (Å²) in [6.07, 6.45) is 0.679. The molecule has 4 aromatic carbocycles. The molecule has 0 bridgehead atoms. The number of benzene rings is 4. The fourth-order valence-electron chi connectivity index (χ4n) is 5.36. The van der Waals surface area contributed by atoms with Gasteiger partial charge in [0.25, 0.3) is 11.8 Å². The van der Waals surface area contributed by atoms with Crippen molar-refractivity contribution >= 4 is 40.0 Å². The van der Waals surface area contributed by atoms with Crippen LogP contribution in [0.4, 0.5) is 11.4 Å². The van der Waals surface area contributed by atoms with Crippen LogP contribution in [-0.4, -0.2) is 41.8 Å². The van der Waals surface area contributed by atoms with Crippen molar-refractivity contribution in [1.82, 2.24) is 15.6 Å². The Morgan fingerprint density at radius 1 is 0.810 bits per heavy atom. The molecule has 0 spiro atoms. The molecule has 210 valence electrons. The lowest BCUT2D eigenvalue weighted by Gasteiger charge is -2.28. The molecule has 0 fully saturated rings. The van der Waals surface area contributed by atoms with E-state index in [1.165, 1.54) is 4.90 Å². The third-order valence-corrected chi connectivity index (χ3v) is 7.47. The number of aromatic amines is 1. The lowest BCUT2D eigenvalue weighted by molar-refractivity contribution is -0.124. The smallest absolute Gasteiger partial charge is 0.268 e. The van der Waals surface area contributed by atoms with E-state index in [2.05, 4.69) is 20.9 Å². The van der Waals surface area contributed by atoms with Gasteiger partial charge in [-0.25, -0.2) is 0 Å². The van der Waals surface area contributed by atoms with Gasteiger partial charge in [-0.05, 0) is 41.8 Å². The minimum atomic E-state index is -1.00. The molecule has 8 heteroatoms. The van der Waals surface area contributed by atoms with Gasteiger partial charge < -0.3 is 20.9 Å². The van der Waals surface area contributed by atoms with E-state index in [9.17, 15) is 14.4 Å². The number of hydrogen-bond donors (Lipinski definition) is 4. The van der Waals surface area contributed by atoms with Crippen molar-refractivity contribution < 1.29 is 14.4 Å². The Bertz CT molecular complexity index is 1680. The number of amides is 3. The van der Waals surface area contributed by atoms with E-state index in [-0.39, 0.29) is 18.4 Å². The maximum Gasteiger partial charge on any atom is 0.268 e. The summed E-state index contributed by atoms with van der Waals surface area (Å²) in [6, 6.07) is 34.6. The number of carbonyl (C=O) groups excluding carboxylic acids is 3. The van der Waals surface area contributed by atoms with E-state index >= 15 is 0 Å². The normalized spacial score (nSPS) is 16.3. The molecule has 6 rings (SSSR count). The fraction of sp³-hybridized carbons (Fsp3) is 0.147. The maximum atomic E-state index is 14.3. The van der Waals surface area contributed by atoms with Crippen LogP contribution in [0.15, 0.2) is 115 Å². The number of hydrogen-bond acceptors (Lipinski definition) is 4. The number of H-pyrrole nitrogens is 1. The second kappa shape index (κ2) is 12.0. The number of carbonyl (C=O) groups is 3. The SMILES string of the molecule is O=C(CN1C(=O)[C@H](NC(=O)c2cc3ccccc3[nH]2)[C@H](c2ccccc2)Nc2ccccc21)NCCc1ccccc1. The van der Waals surface area contributed by atoms with Crippen LogP contribution in [0.2, 0.25) is 0 Å². The number of nitrogens with one attached hydrogen (secondary N) is 4. The van der Waals surface area contributed by atoms with Crippen LogP contribution in [0.1, 0.15) is 27.7 Å². The van der Waals surface area contributed by atoms with Gasteiger partial charge in [0.1, 0.15) is 18.3 Å². The van der Waals surface area contributed by atoms with E-state index in [1.54, 1.807) is 12.1 Å². The van der Waals surface area contributed by atoms with Gasteiger partial charge in [-0.2, -0.15) is 0 Å². The zero-order valence-corrected chi connectivity index (χ0v) is 22.9. The summed E-state index contributed by atoms with van der Waals surface area (Å²) in [5.74, 6) is -1.08. The molecule has 0 saturated carbocycles. The van der Waals surface area contributed by atoms with Gasteiger partial charge in [0, 0.05) is 17.4 Å². The lowest BCUT2D eigenvalue weighted by Crippen LogP contribution is -2.53. The van der Waals surface area contributed by atoms with Gasteiger partial charge in [-0.3, -0.25) is 19.3 Å². The molecule has 5 aromatic rings. The second-order valence-corrected chi connectivity index (χ2v) is 10.3. The molecule has 0 saturated heterocycles. The predicted molar refractivity (Wildman–Crippen MR) is 164 cm³/mol. The molecule has 3 amide bonds. The highest BCUT2D eigenvalue weighted by Crippen LogP contribution is 2.35. The van der Waals surface area contributed by atoms with Crippen LogP contribution in [0, 0.1) is 0 Å². The molecule has 0 unspecified atom stereocenters. The number of para-hydroxylation sites is 3. The zero-order chi connectivity index (χ0) is 28.9. The Hall–Kier alpha value is -5.37. The average molecular weight is 558 g/mol. The van der Waals surface area contributed by atoms with Crippen LogP contribution < -0.4 is 20.9 Å². The Labute approximate surface area is 243 Å². The lowest BCUT2D eigenvalue weighted by atomic mass is 9.98. The highest BCUT2D eigenvalue weighted by Gasteiger charge is 2.39. The number of anilines is 2. The molecular formula is C34H31N5O3. The minimum absolute atomic E-state index is 0.188. The molecule has 1 aliphatic rings. The number of rotatable bonds is 8. The quantitative estimate of drug-likeness (QED) is 0.219. The van der Waals surface area contributed by atoms with Gasteiger partial charge in [-0.1, -0.05) is 91.0 Å². The molecule has 2 heterocycles. The van der Waals surface area contributed by atoms with Crippen molar-refractivity contribution in [2.45, 2.75) is 18.5 Å². The van der Waals surface area contributed by atoms with E-state index in [0.29, 0.717) is 30.0 Å². The summed E-state index contributed by atoms with van der Waals surface area (Å²) in [6.45, 7) is 0.255. The molecule has 8 nitrogen and oxygen atoms in total. The van der Waals surface area contributed by atoms with Gasteiger partial charge in [0.05, 0.1) is 17.4 Å². The highest BCUT2D eigenvalue weighted by atomic mass is 16.2. The summed E-state index contributed by atoms with van der Waals surface area (Å²) in [7, 11) is 0. The first-order chi connectivity index (χ1) is 20.6. The first-order valence-electron chi connectivity index (χ1n) is 14.0. The van der Waals surface area contributed by atoms with Crippen LogP contribution in [0.3, 0.4) is 0 Å². The topological polar surface area (TPSA) is 106 Å². The minimum Gasteiger partial charge on any atom is -0.374 e. The Kier molecular flexibility index (Phi) is 7.68. The van der Waals surface area contributed by atoms with Crippen molar-refractivity contribution in [3.05, 3.63) is 132 Å². The predicted octanol–water partition coefficient (Wildman–Crippen LogP) is 4.83. The van der Waals surface area contributed by atoms with Crippen molar-refractivity contribution in [2.24, 2.45) is 0 Å². The van der Waals surface area contributed by atoms with Crippen molar-refractivity contribution in [1.29, 1.82) is 0 Å². The molecular weight excluding hydrogens is 526 g/mol. The second-order valence-electron chi connectivity index (χ2n) is 10.3. The third kappa shape index (κ3) is 5.74. The Morgan fingerprint density at radius 2 is 1.50 bits per heavy atom. The Balaban J connectivity index is 1.29. The van der Waals surface area contributed by atoms with Gasteiger partial charge in [0.2, 0.25) is 5.91 Å². The zero-order valence-electron chi connectivity index (χ0n) is 22.9. The van der Waals surface area contributed by atoms with Crippen LogP contribution in [-0.2, 0) is 16.0 Å². The fourth-order valence-corrected chi connectivity index (χ4v) is 5.36. The van der Waals surface area contributed by atoms with Crippen LogP contribution in [0.25, 0.3) is 10.9 Å². The molecule has 1 aromatic heterocycles. The van der Waals surface area contributed by atoms with Gasteiger partial charge >= 0.3 is 0 Å². The molecule has 0 aliphatic carbocycles. The van der Waals surface area contributed by atoms with Crippen molar-refractivity contribution in [3.63, 3.8) is 0 Å².